The number of hydrogen-bond acceptors (Lipinski definition) is 3. The largest absolute Gasteiger partial charge is 0.385 e. The van der Waals surface area contributed by atoms with Gasteiger partial charge in [-0.1, -0.05) is 13.0 Å². The second-order valence-corrected chi connectivity index (χ2v) is 5.86. The SMILES string of the molecule is CCc1nn(CC)c(CC(C)(O)c2cccnc2)c1Br. The molecule has 20 heavy (non-hydrogen) atoms. The fourth-order valence-electron chi connectivity index (χ4n) is 2.30. The van der Waals surface area contributed by atoms with Crippen LogP contribution in [0.3, 0.4) is 0 Å². The third-order valence-corrected chi connectivity index (χ3v) is 4.40. The summed E-state index contributed by atoms with van der Waals surface area (Å²) >= 11 is 3.62. The van der Waals surface area contributed by atoms with Crippen molar-refractivity contribution >= 4 is 15.9 Å². The number of aryl methyl sites for hydroxylation is 2. The van der Waals surface area contributed by atoms with E-state index in [1.165, 1.54) is 0 Å². The molecule has 0 aliphatic carbocycles. The predicted octanol–water partition coefficient (Wildman–Crippen LogP) is 3.07. The summed E-state index contributed by atoms with van der Waals surface area (Å²) in [7, 11) is 0. The van der Waals surface area contributed by atoms with Crippen LogP contribution in [0, 0.1) is 0 Å². The third-order valence-electron chi connectivity index (χ3n) is 3.49. The molecule has 0 fully saturated rings. The molecule has 0 amide bonds. The van der Waals surface area contributed by atoms with E-state index in [9.17, 15) is 5.11 Å². The predicted molar refractivity (Wildman–Crippen MR) is 82.5 cm³/mol. The molecule has 0 radical (unpaired) electrons. The van der Waals surface area contributed by atoms with E-state index < -0.39 is 5.60 Å². The average Bonchev–Trinajstić information content (AvgIpc) is 2.76. The Balaban J connectivity index is 2.36. The van der Waals surface area contributed by atoms with Crippen molar-refractivity contribution in [3.63, 3.8) is 0 Å². The molecule has 2 aromatic heterocycles. The lowest BCUT2D eigenvalue weighted by atomic mass is 9.92. The molecule has 2 aromatic rings. The lowest BCUT2D eigenvalue weighted by Gasteiger charge is -2.24. The summed E-state index contributed by atoms with van der Waals surface area (Å²) in [5.41, 5.74) is 1.91. The van der Waals surface area contributed by atoms with Crippen molar-refractivity contribution in [2.45, 2.75) is 45.8 Å². The molecule has 1 atom stereocenters. The maximum absolute atomic E-state index is 10.8. The summed E-state index contributed by atoms with van der Waals surface area (Å²) in [6, 6.07) is 3.74. The minimum atomic E-state index is -0.964. The fourth-order valence-corrected chi connectivity index (χ4v) is 3.00. The minimum Gasteiger partial charge on any atom is -0.385 e. The van der Waals surface area contributed by atoms with Gasteiger partial charge in [0.2, 0.25) is 0 Å². The van der Waals surface area contributed by atoms with Crippen LogP contribution < -0.4 is 0 Å². The van der Waals surface area contributed by atoms with E-state index in [-0.39, 0.29) is 0 Å². The Labute approximate surface area is 128 Å². The van der Waals surface area contributed by atoms with Gasteiger partial charge in [-0.15, -0.1) is 0 Å². The Morgan fingerprint density at radius 2 is 2.15 bits per heavy atom. The van der Waals surface area contributed by atoms with Crippen LogP contribution in [0.15, 0.2) is 29.0 Å². The quantitative estimate of drug-likeness (QED) is 0.912. The summed E-state index contributed by atoms with van der Waals surface area (Å²) in [6.07, 6.45) is 4.79. The Kier molecular flexibility index (Phi) is 4.60. The second-order valence-electron chi connectivity index (χ2n) is 5.07. The highest BCUT2D eigenvalue weighted by Crippen LogP contribution is 2.30. The molecule has 0 spiro atoms. The Bertz CT molecular complexity index is 578. The van der Waals surface area contributed by atoms with E-state index in [0.29, 0.717) is 6.42 Å². The van der Waals surface area contributed by atoms with Gasteiger partial charge in [-0.2, -0.15) is 5.10 Å². The van der Waals surface area contributed by atoms with Gasteiger partial charge in [0.1, 0.15) is 0 Å². The van der Waals surface area contributed by atoms with Crippen LogP contribution in [-0.4, -0.2) is 19.9 Å². The second kappa shape index (κ2) is 6.06. The minimum absolute atomic E-state index is 0.500. The van der Waals surface area contributed by atoms with Crippen LogP contribution in [0.25, 0.3) is 0 Å². The molecule has 0 aliphatic rings. The standard InChI is InChI=1S/C15H20BrN3O/c1-4-12-14(16)13(19(5-2)18-12)9-15(3,20)11-7-6-8-17-10-11/h6-8,10,20H,4-5,9H2,1-3H3. The van der Waals surface area contributed by atoms with Crippen molar-refractivity contribution < 1.29 is 5.11 Å². The zero-order valence-corrected chi connectivity index (χ0v) is 13.7. The van der Waals surface area contributed by atoms with E-state index >= 15 is 0 Å². The highest BCUT2D eigenvalue weighted by molar-refractivity contribution is 9.10. The monoisotopic (exact) mass is 337 g/mol. The Hall–Kier alpha value is -1.20. The number of aliphatic hydroxyl groups is 1. The summed E-state index contributed by atoms with van der Waals surface area (Å²) in [4.78, 5) is 4.08. The molecule has 0 bridgehead atoms. The van der Waals surface area contributed by atoms with Crippen LogP contribution >= 0.6 is 15.9 Å². The van der Waals surface area contributed by atoms with Crippen molar-refractivity contribution in [1.82, 2.24) is 14.8 Å². The zero-order chi connectivity index (χ0) is 14.8. The van der Waals surface area contributed by atoms with Gasteiger partial charge in [0.15, 0.2) is 0 Å². The number of rotatable bonds is 5. The summed E-state index contributed by atoms with van der Waals surface area (Å²) < 4.78 is 2.96. The first-order valence-corrected chi connectivity index (χ1v) is 7.65. The maximum Gasteiger partial charge on any atom is 0.0938 e. The smallest absolute Gasteiger partial charge is 0.0938 e. The van der Waals surface area contributed by atoms with Crippen molar-refractivity contribution in [3.05, 3.63) is 46.0 Å². The first-order chi connectivity index (χ1) is 9.49. The molecular weight excluding hydrogens is 318 g/mol. The van der Waals surface area contributed by atoms with Gasteiger partial charge in [0.05, 0.1) is 21.5 Å². The molecule has 0 aliphatic heterocycles. The van der Waals surface area contributed by atoms with Crippen LogP contribution in [0.5, 0.6) is 0 Å². The highest BCUT2D eigenvalue weighted by Gasteiger charge is 2.28. The van der Waals surface area contributed by atoms with Gasteiger partial charge in [0.25, 0.3) is 0 Å². The fraction of sp³-hybridized carbons (Fsp3) is 0.467. The van der Waals surface area contributed by atoms with Gasteiger partial charge >= 0.3 is 0 Å². The Morgan fingerprint density at radius 3 is 2.70 bits per heavy atom. The van der Waals surface area contributed by atoms with E-state index in [0.717, 1.165) is 34.4 Å². The molecule has 1 unspecified atom stereocenters. The van der Waals surface area contributed by atoms with Gasteiger partial charge in [0, 0.05) is 30.9 Å². The molecule has 5 heteroatoms. The van der Waals surface area contributed by atoms with E-state index in [4.69, 9.17) is 0 Å². The molecule has 108 valence electrons. The van der Waals surface area contributed by atoms with Crippen molar-refractivity contribution in [2.24, 2.45) is 0 Å². The van der Waals surface area contributed by atoms with Crippen LogP contribution in [0.2, 0.25) is 0 Å². The first-order valence-electron chi connectivity index (χ1n) is 6.86. The third kappa shape index (κ3) is 2.94. The summed E-state index contributed by atoms with van der Waals surface area (Å²) in [5.74, 6) is 0. The van der Waals surface area contributed by atoms with E-state index in [1.807, 2.05) is 23.7 Å². The average molecular weight is 338 g/mol. The maximum atomic E-state index is 10.8. The Morgan fingerprint density at radius 1 is 1.40 bits per heavy atom. The van der Waals surface area contributed by atoms with Gasteiger partial charge in [-0.3, -0.25) is 9.67 Å². The number of hydrogen-bond donors (Lipinski definition) is 1. The van der Waals surface area contributed by atoms with Crippen molar-refractivity contribution in [2.75, 3.05) is 0 Å². The molecule has 4 nitrogen and oxygen atoms in total. The van der Waals surface area contributed by atoms with Crippen LogP contribution in [0.1, 0.15) is 37.7 Å². The lowest BCUT2D eigenvalue weighted by Crippen LogP contribution is -2.26. The lowest BCUT2D eigenvalue weighted by molar-refractivity contribution is 0.0548. The van der Waals surface area contributed by atoms with Gasteiger partial charge < -0.3 is 5.11 Å². The summed E-state index contributed by atoms with van der Waals surface area (Å²) in [6.45, 7) is 6.74. The van der Waals surface area contributed by atoms with Gasteiger partial charge in [-0.05, 0) is 42.3 Å². The van der Waals surface area contributed by atoms with Gasteiger partial charge in [-0.25, -0.2) is 0 Å². The van der Waals surface area contributed by atoms with Crippen molar-refractivity contribution in [1.29, 1.82) is 0 Å². The van der Waals surface area contributed by atoms with E-state index in [2.05, 4.69) is 39.9 Å². The molecule has 1 N–H and O–H groups in total. The normalized spacial score (nSPS) is 14.2. The molecule has 2 heterocycles. The number of halogens is 1. The molecular formula is C15H20BrN3O. The van der Waals surface area contributed by atoms with Crippen molar-refractivity contribution in [3.8, 4) is 0 Å². The molecule has 0 aromatic carbocycles. The number of pyridine rings is 1. The molecule has 0 saturated carbocycles. The zero-order valence-electron chi connectivity index (χ0n) is 12.1. The summed E-state index contributed by atoms with van der Waals surface area (Å²) in [5, 5.41) is 15.3. The highest BCUT2D eigenvalue weighted by atomic mass is 79.9. The van der Waals surface area contributed by atoms with E-state index in [1.54, 1.807) is 12.4 Å². The first kappa shape index (κ1) is 15.2. The molecule has 0 saturated heterocycles. The van der Waals surface area contributed by atoms with Crippen LogP contribution in [0.4, 0.5) is 0 Å². The van der Waals surface area contributed by atoms with Crippen LogP contribution in [-0.2, 0) is 25.0 Å². The number of aromatic nitrogens is 3. The molecule has 2 rings (SSSR count). The topological polar surface area (TPSA) is 50.9 Å². The number of nitrogens with zero attached hydrogens (tertiary/aromatic N) is 3.